The number of nitrogens with zero attached hydrogens (tertiary/aromatic N) is 1. The van der Waals surface area contributed by atoms with Crippen molar-refractivity contribution in [3.63, 3.8) is 0 Å². The van der Waals surface area contributed by atoms with Gasteiger partial charge < -0.3 is 15.4 Å². The van der Waals surface area contributed by atoms with Crippen LogP contribution in [0.4, 0.5) is 16.2 Å². The zero-order valence-electron chi connectivity index (χ0n) is 16.9. The number of aromatic nitrogens is 1. The molecule has 0 aliphatic heterocycles. The number of ketones is 1. The number of nitrogens with one attached hydrogen (secondary N) is 2. The molecule has 1 amide bonds. The summed E-state index contributed by atoms with van der Waals surface area (Å²) in [5.41, 5.74) is 4.76. The molecule has 0 aliphatic carbocycles. The summed E-state index contributed by atoms with van der Waals surface area (Å²) >= 11 is 0. The highest BCUT2D eigenvalue weighted by atomic mass is 16.5. The van der Waals surface area contributed by atoms with Crippen LogP contribution >= 0.6 is 0 Å². The van der Waals surface area contributed by atoms with Gasteiger partial charge in [-0.15, -0.1) is 0 Å². The van der Waals surface area contributed by atoms with Crippen molar-refractivity contribution in [2.75, 3.05) is 12.4 Å². The molecule has 0 radical (unpaired) electrons. The second-order valence-corrected chi connectivity index (χ2v) is 6.80. The molecule has 0 atom stereocenters. The van der Waals surface area contributed by atoms with E-state index in [0.29, 0.717) is 17.5 Å². The van der Waals surface area contributed by atoms with Crippen molar-refractivity contribution in [3.05, 3.63) is 65.4 Å². The van der Waals surface area contributed by atoms with Crippen molar-refractivity contribution in [1.82, 2.24) is 10.3 Å². The minimum absolute atomic E-state index is 0.0463. The summed E-state index contributed by atoms with van der Waals surface area (Å²) in [5, 5.41) is 6.69. The van der Waals surface area contributed by atoms with Crippen LogP contribution in [0.1, 0.15) is 41.3 Å². The van der Waals surface area contributed by atoms with Crippen LogP contribution in [0.25, 0.3) is 10.9 Å². The number of amides is 1. The highest BCUT2D eigenvalue weighted by Crippen LogP contribution is 2.32. The molecule has 6 heteroatoms. The average Bonchev–Trinajstić information content (AvgIpc) is 2.73. The van der Waals surface area contributed by atoms with Gasteiger partial charge in [-0.3, -0.25) is 9.78 Å². The number of carbonyl (C=O) groups excluding carboxylic acids is 2. The van der Waals surface area contributed by atoms with E-state index in [0.717, 1.165) is 34.3 Å². The molecule has 0 unspecified atom stereocenters. The number of benzene rings is 2. The second kappa shape index (κ2) is 9.19. The smallest absolute Gasteiger partial charge is 0.407 e. The van der Waals surface area contributed by atoms with Crippen LogP contribution in [0.5, 0.6) is 0 Å². The maximum Gasteiger partial charge on any atom is 0.407 e. The monoisotopic (exact) mass is 391 g/mol. The van der Waals surface area contributed by atoms with Gasteiger partial charge in [0, 0.05) is 36.3 Å². The summed E-state index contributed by atoms with van der Waals surface area (Å²) in [7, 11) is 1.51. The first-order valence-electron chi connectivity index (χ1n) is 9.66. The van der Waals surface area contributed by atoms with Crippen molar-refractivity contribution in [1.29, 1.82) is 0 Å². The standard InChI is InChI=1S/C23H25N3O3/c1-4-8-20(27)18-13-25-21-16(14-29-23(28)24-3)10-7-11-17(21)22(18)26-19-12-6-5-9-15(19)2/h5-7,9-13H,4,8,14H2,1-3H3,(H,24,28)(H,25,26). The third-order valence-electron chi connectivity index (χ3n) is 4.73. The van der Waals surface area contributed by atoms with Crippen LogP contribution in [0.2, 0.25) is 0 Å². The molecular formula is C23H25N3O3. The van der Waals surface area contributed by atoms with Gasteiger partial charge in [-0.25, -0.2) is 4.79 Å². The summed E-state index contributed by atoms with van der Waals surface area (Å²) in [6.07, 6.45) is 2.33. The SMILES string of the molecule is CCCC(=O)c1cnc2c(COC(=O)NC)cccc2c1Nc1ccccc1C. The van der Waals surface area contributed by atoms with Crippen LogP contribution in [0, 0.1) is 6.92 Å². The lowest BCUT2D eigenvalue weighted by molar-refractivity contribution is 0.0982. The van der Waals surface area contributed by atoms with E-state index in [2.05, 4.69) is 15.6 Å². The number of para-hydroxylation sites is 2. The van der Waals surface area contributed by atoms with E-state index in [1.54, 1.807) is 6.20 Å². The molecule has 3 aromatic rings. The molecule has 0 fully saturated rings. The van der Waals surface area contributed by atoms with Gasteiger partial charge >= 0.3 is 6.09 Å². The molecular weight excluding hydrogens is 366 g/mol. The molecule has 1 aromatic heterocycles. The molecule has 29 heavy (non-hydrogen) atoms. The van der Waals surface area contributed by atoms with Crippen LogP contribution in [0.15, 0.2) is 48.7 Å². The first-order valence-corrected chi connectivity index (χ1v) is 9.66. The largest absolute Gasteiger partial charge is 0.445 e. The van der Waals surface area contributed by atoms with E-state index in [1.807, 2.05) is 56.3 Å². The molecule has 0 spiro atoms. The molecule has 150 valence electrons. The number of alkyl carbamates (subject to hydrolysis) is 1. The lowest BCUT2D eigenvalue weighted by Crippen LogP contribution is -2.19. The predicted octanol–water partition coefficient (Wildman–Crippen LogP) is 5.13. The van der Waals surface area contributed by atoms with Crippen LogP contribution in [0.3, 0.4) is 0 Å². The van der Waals surface area contributed by atoms with Crippen molar-refractivity contribution >= 4 is 34.2 Å². The number of fused-ring (bicyclic) bond motifs is 1. The molecule has 0 saturated carbocycles. The number of Topliss-reactive ketones (excluding diaryl/α,β-unsaturated/α-hetero) is 1. The van der Waals surface area contributed by atoms with Gasteiger partial charge in [0.2, 0.25) is 0 Å². The number of pyridine rings is 1. The number of ether oxygens (including phenoxy) is 1. The van der Waals surface area contributed by atoms with Crippen LogP contribution in [-0.2, 0) is 11.3 Å². The lowest BCUT2D eigenvalue weighted by Gasteiger charge is -2.17. The fourth-order valence-electron chi connectivity index (χ4n) is 3.17. The van der Waals surface area contributed by atoms with Gasteiger partial charge in [-0.05, 0) is 25.0 Å². The fraction of sp³-hybridized carbons (Fsp3) is 0.261. The quantitative estimate of drug-likeness (QED) is 0.546. The Labute approximate surface area is 170 Å². The van der Waals surface area contributed by atoms with E-state index < -0.39 is 6.09 Å². The van der Waals surface area contributed by atoms with Crippen molar-refractivity contribution in [2.24, 2.45) is 0 Å². The molecule has 3 rings (SSSR count). The average molecular weight is 391 g/mol. The Morgan fingerprint density at radius 2 is 1.90 bits per heavy atom. The lowest BCUT2D eigenvalue weighted by atomic mass is 10.0. The van der Waals surface area contributed by atoms with Crippen molar-refractivity contribution in [3.8, 4) is 0 Å². The Morgan fingerprint density at radius 1 is 1.10 bits per heavy atom. The zero-order chi connectivity index (χ0) is 20.8. The van der Waals surface area contributed by atoms with Gasteiger partial charge in [0.05, 0.1) is 16.8 Å². The normalized spacial score (nSPS) is 10.6. The summed E-state index contributed by atoms with van der Waals surface area (Å²) in [4.78, 5) is 28.8. The Bertz CT molecular complexity index is 1050. The first-order chi connectivity index (χ1) is 14.0. The Hall–Kier alpha value is -3.41. The minimum Gasteiger partial charge on any atom is -0.445 e. The van der Waals surface area contributed by atoms with Gasteiger partial charge in [0.15, 0.2) is 5.78 Å². The van der Waals surface area contributed by atoms with Gasteiger partial charge in [0.1, 0.15) is 6.61 Å². The number of hydrogen-bond acceptors (Lipinski definition) is 5. The molecule has 0 aliphatic rings. The van der Waals surface area contributed by atoms with Gasteiger partial charge in [-0.2, -0.15) is 0 Å². The Morgan fingerprint density at radius 3 is 2.62 bits per heavy atom. The Balaban J connectivity index is 2.12. The van der Waals surface area contributed by atoms with Crippen molar-refractivity contribution < 1.29 is 14.3 Å². The maximum atomic E-state index is 12.8. The van der Waals surface area contributed by atoms with E-state index in [-0.39, 0.29) is 12.4 Å². The predicted molar refractivity (Wildman–Crippen MR) is 115 cm³/mol. The summed E-state index contributed by atoms with van der Waals surface area (Å²) in [5.74, 6) is 0.0463. The molecule has 2 aromatic carbocycles. The molecule has 6 nitrogen and oxygen atoms in total. The van der Waals surface area contributed by atoms with E-state index >= 15 is 0 Å². The third-order valence-corrected chi connectivity index (χ3v) is 4.73. The number of carbonyl (C=O) groups is 2. The number of aryl methyl sites for hydroxylation is 1. The number of anilines is 2. The highest BCUT2D eigenvalue weighted by molar-refractivity contribution is 6.09. The van der Waals surface area contributed by atoms with Crippen molar-refractivity contribution in [2.45, 2.75) is 33.3 Å². The molecule has 1 heterocycles. The topological polar surface area (TPSA) is 80.3 Å². The summed E-state index contributed by atoms with van der Waals surface area (Å²) in [6.45, 7) is 4.09. The maximum absolute atomic E-state index is 12.8. The highest BCUT2D eigenvalue weighted by Gasteiger charge is 2.17. The van der Waals surface area contributed by atoms with Crippen LogP contribution < -0.4 is 10.6 Å². The summed E-state index contributed by atoms with van der Waals surface area (Å²) < 4.78 is 5.20. The van der Waals surface area contributed by atoms with E-state index in [1.165, 1.54) is 7.05 Å². The van der Waals surface area contributed by atoms with Gasteiger partial charge in [-0.1, -0.05) is 43.3 Å². The van der Waals surface area contributed by atoms with Gasteiger partial charge in [0.25, 0.3) is 0 Å². The summed E-state index contributed by atoms with van der Waals surface area (Å²) in [6, 6.07) is 13.6. The zero-order valence-corrected chi connectivity index (χ0v) is 16.9. The minimum atomic E-state index is -0.505. The molecule has 0 saturated heterocycles. The number of hydrogen-bond donors (Lipinski definition) is 2. The molecule has 2 N–H and O–H groups in total. The van der Waals surface area contributed by atoms with E-state index in [4.69, 9.17) is 4.74 Å². The fourth-order valence-corrected chi connectivity index (χ4v) is 3.17. The number of rotatable bonds is 7. The molecule has 0 bridgehead atoms. The Kier molecular flexibility index (Phi) is 6.44. The third kappa shape index (κ3) is 4.54. The van der Waals surface area contributed by atoms with Crippen LogP contribution in [-0.4, -0.2) is 23.9 Å². The van der Waals surface area contributed by atoms with E-state index in [9.17, 15) is 9.59 Å². The second-order valence-electron chi connectivity index (χ2n) is 6.80. The first kappa shape index (κ1) is 20.3.